The van der Waals surface area contributed by atoms with E-state index < -0.39 is 64.9 Å². The van der Waals surface area contributed by atoms with Gasteiger partial charge in [0, 0.05) is 22.7 Å². The smallest absolute Gasteiger partial charge is 0.320 e. The van der Waals surface area contributed by atoms with Gasteiger partial charge in [-0.3, -0.25) is 14.4 Å². The third kappa shape index (κ3) is 3.82. The minimum Gasteiger partial charge on any atom is -0.449 e. The maximum atomic E-state index is 17.1. The summed E-state index contributed by atoms with van der Waals surface area (Å²) in [5.41, 5.74) is 0.169. The predicted molar refractivity (Wildman–Crippen MR) is 133 cm³/mol. The van der Waals surface area contributed by atoms with Crippen molar-refractivity contribution in [1.29, 1.82) is 0 Å². The first-order valence-electron chi connectivity index (χ1n) is 13.2. The minimum atomic E-state index is -2.05. The first-order valence-corrected chi connectivity index (χ1v) is 13.2. The van der Waals surface area contributed by atoms with Crippen LogP contribution in [-0.2, 0) is 19.1 Å². The normalized spacial score (nSPS) is 42.8. The average Bonchev–Trinajstić information content (AvgIpc) is 3.06. The summed E-state index contributed by atoms with van der Waals surface area (Å²) in [7, 11) is 0. The van der Waals surface area contributed by atoms with Crippen LogP contribution in [0.15, 0.2) is 23.8 Å². The van der Waals surface area contributed by atoms with Crippen LogP contribution in [0.5, 0.6) is 0 Å². The second-order valence-corrected chi connectivity index (χ2v) is 11.4. The number of aliphatic hydroxyl groups excluding tert-OH is 2. The molecule has 0 bridgehead atoms. The van der Waals surface area contributed by atoms with Crippen LogP contribution in [0.2, 0.25) is 0 Å². The number of hydrogen-bond acceptors (Lipinski definition) is 7. The van der Waals surface area contributed by atoms with E-state index in [4.69, 9.17) is 10.5 Å². The topological polar surface area (TPSA) is 127 Å². The van der Waals surface area contributed by atoms with Crippen molar-refractivity contribution in [3.8, 4) is 0 Å². The van der Waals surface area contributed by atoms with E-state index in [0.29, 0.717) is 24.8 Å². The van der Waals surface area contributed by atoms with Gasteiger partial charge in [0.15, 0.2) is 17.1 Å². The lowest BCUT2D eigenvalue weighted by Gasteiger charge is -2.62. The summed E-state index contributed by atoms with van der Waals surface area (Å²) in [6.45, 7) is 8.34. The van der Waals surface area contributed by atoms with Crippen molar-refractivity contribution >= 4 is 17.5 Å². The highest BCUT2D eigenvalue weighted by Gasteiger charge is 2.77. The van der Waals surface area contributed by atoms with Gasteiger partial charge in [0.1, 0.15) is 6.61 Å². The van der Waals surface area contributed by atoms with Crippen molar-refractivity contribution in [2.75, 3.05) is 13.2 Å². The molecule has 3 fully saturated rings. The summed E-state index contributed by atoms with van der Waals surface area (Å²) in [6.07, 6.45) is 6.75. The lowest BCUT2D eigenvalue weighted by molar-refractivity contribution is -0.228. The van der Waals surface area contributed by atoms with Gasteiger partial charge in [-0.15, -0.1) is 0 Å². The van der Waals surface area contributed by atoms with Gasteiger partial charge in [-0.1, -0.05) is 52.2 Å². The Kier molecular flexibility index (Phi) is 8.05. The summed E-state index contributed by atoms with van der Waals surface area (Å²) in [5, 5.41) is 21.1. The third-order valence-electron chi connectivity index (χ3n) is 9.68. The summed E-state index contributed by atoms with van der Waals surface area (Å²) < 4.78 is 22.9. The number of carbonyl (C=O) groups excluding carboxylic acids is 3. The number of ketones is 2. The molecule has 0 aromatic carbocycles. The first-order chi connectivity index (χ1) is 16.8. The molecule has 0 unspecified atom stereocenters. The van der Waals surface area contributed by atoms with Gasteiger partial charge in [0.25, 0.3) is 0 Å². The summed E-state index contributed by atoms with van der Waals surface area (Å²) >= 11 is 0. The second kappa shape index (κ2) is 10.1. The molecule has 0 spiro atoms. The van der Waals surface area contributed by atoms with Crippen LogP contribution in [0.25, 0.3) is 0 Å². The van der Waals surface area contributed by atoms with Gasteiger partial charge < -0.3 is 20.7 Å². The molecule has 4 rings (SSSR count). The number of unbranched alkanes of at least 4 members (excludes halogenated alkanes) is 1. The molecule has 36 heavy (non-hydrogen) atoms. The molecule has 4 N–H and O–H groups in total. The quantitative estimate of drug-likeness (QED) is 0.488. The maximum absolute atomic E-state index is 17.1. The van der Waals surface area contributed by atoms with Crippen molar-refractivity contribution in [3.63, 3.8) is 0 Å². The Bertz CT molecular complexity index is 962. The third-order valence-corrected chi connectivity index (χ3v) is 9.68. The molecule has 0 saturated heterocycles. The van der Waals surface area contributed by atoms with Gasteiger partial charge >= 0.3 is 5.97 Å². The molecule has 8 heteroatoms. The number of Topliss-reactive ketones (excluding diaryl/α,β-unsaturated/α-hetero) is 1. The Labute approximate surface area is 213 Å². The highest BCUT2D eigenvalue weighted by Crippen LogP contribution is 2.71. The largest absolute Gasteiger partial charge is 0.449 e. The van der Waals surface area contributed by atoms with E-state index in [-0.39, 0.29) is 18.1 Å². The number of fused-ring (bicyclic) bond motifs is 5. The van der Waals surface area contributed by atoms with E-state index >= 15 is 4.39 Å². The van der Waals surface area contributed by atoms with E-state index in [0.717, 1.165) is 0 Å². The van der Waals surface area contributed by atoms with Gasteiger partial charge in [0.2, 0.25) is 5.78 Å². The number of ether oxygens (including phenoxy) is 1. The number of aliphatic hydroxyl groups is 2. The fraction of sp³-hybridized carbons (Fsp3) is 0.750. The molecule has 4 aliphatic rings. The van der Waals surface area contributed by atoms with Gasteiger partial charge in [0.05, 0.1) is 12.6 Å². The molecule has 4 aliphatic carbocycles. The Morgan fingerprint density at radius 1 is 1.22 bits per heavy atom. The van der Waals surface area contributed by atoms with Crippen LogP contribution in [0.3, 0.4) is 0 Å². The van der Waals surface area contributed by atoms with Crippen LogP contribution in [-0.4, -0.2) is 58.3 Å². The van der Waals surface area contributed by atoms with Crippen LogP contribution in [0, 0.1) is 28.6 Å². The second-order valence-electron chi connectivity index (χ2n) is 11.4. The summed E-state index contributed by atoms with van der Waals surface area (Å²) in [4.78, 5) is 37.4. The van der Waals surface area contributed by atoms with Crippen molar-refractivity contribution < 1.29 is 33.7 Å². The molecule has 0 aliphatic heterocycles. The zero-order valence-electron chi connectivity index (χ0n) is 22.2. The number of carbonyl (C=O) groups is 3. The van der Waals surface area contributed by atoms with Gasteiger partial charge in [-0.25, -0.2) is 4.39 Å². The van der Waals surface area contributed by atoms with Crippen molar-refractivity contribution in [2.45, 2.75) is 90.5 Å². The van der Waals surface area contributed by atoms with E-state index in [1.54, 1.807) is 26.8 Å². The van der Waals surface area contributed by atoms with Gasteiger partial charge in [-0.2, -0.15) is 0 Å². The van der Waals surface area contributed by atoms with E-state index in [1.165, 1.54) is 25.0 Å². The zero-order valence-corrected chi connectivity index (χ0v) is 22.2. The number of allylic oxidation sites excluding steroid dienone is 4. The van der Waals surface area contributed by atoms with Gasteiger partial charge in [-0.05, 0) is 50.7 Å². The maximum Gasteiger partial charge on any atom is 0.320 e. The van der Waals surface area contributed by atoms with E-state index in [1.807, 2.05) is 0 Å². The molecule has 0 radical (unpaired) electrons. The molecule has 202 valence electrons. The van der Waals surface area contributed by atoms with Crippen molar-refractivity contribution in [3.05, 3.63) is 23.8 Å². The summed E-state index contributed by atoms with van der Waals surface area (Å²) in [6, 6.07) is 0. The summed E-state index contributed by atoms with van der Waals surface area (Å²) in [5.74, 6) is -3.11. The monoisotopic (exact) mass is 507 g/mol. The molecule has 0 heterocycles. The Hall–Kier alpha value is -1.90. The molecule has 7 nitrogen and oxygen atoms in total. The standard InChI is InChI=1S/C24H32FNO6.C4H10/c1-13-8-17-16-5-4-14-9-15(28)6-7-21(14,2)23(16,25)18(29)10-22(17,3)24(13,19(30)12-27)32-20(31)11-26;1-3-4-2/h6-7,9,13,16-18,27,29H,4-5,8,10-12,26H2,1-3H3;3-4H2,1-2H3/t13-,16+,17+,18+,21+,22+,23+,24+;/m1./s1. The number of nitrogens with two attached hydrogens (primary N) is 1. The van der Waals surface area contributed by atoms with Crippen LogP contribution in [0.4, 0.5) is 4.39 Å². The lowest BCUT2D eigenvalue weighted by atomic mass is 9.44. The average molecular weight is 508 g/mol. The van der Waals surface area contributed by atoms with Crippen LogP contribution < -0.4 is 5.73 Å². The minimum absolute atomic E-state index is 0.122. The lowest BCUT2D eigenvalue weighted by Crippen LogP contribution is -2.70. The zero-order chi connectivity index (χ0) is 27.1. The van der Waals surface area contributed by atoms with Crippen LogP contribution in [0.1, 0.15) is 73.1 Å². The number of hydrogen-bond donors (Lipinski definition) is 3. The molecule has 0 aromatic heterocycles. The fourth-order valence-corrected chi connectivity index (χ4v) is 7.74. The van der Waals surface area contributed by atoms with Crippen molar-refractivity contribution in [1.82, 2.24) is 0 Å². The fourth-order valence-electron chi connectivity index (χ4n) is 7.74. The number of halogens is 1. The van der Waals surface area contributed by atoms with E-state index in [9.17, 15) is 24.6 Å². The number of alkyl halides is 1. The molecule has 8 atom stereocenters. The van der Waals surface area contributed by atoms with Crippen molar-refractivity contribution in [2.24, 2.45) is 34.3 Å². The Balaban J connectivity index is 0.000000840. The highest BCUT2D eigenvalue weighted by atomic mass is 19.1. The SMILES string of the molecule is CCCC.C[C@@H]1C[C@H]2[C@@H]3CCC4=CC(=O)C=C[C@]4(C)[C@@]3(F)[C@@H](O)C[C@]2(C)[C@@]1(OC(=O)CN)C(=O)CO. The number of rotatable bonds is 5. The molecular weight excluding hydrogens is 465 g/mol. The molecular formula is C28H42FNO6. The molecule has 0 amide bonds. The highest BCUT2D eigenvalue weighted by molar-refractivity contribution is 6.01. The van der Waals surface area contributed by atoms with Crippen LogP contribution >= 0.6 is 0 Å². The Morgan fingerprint density at radius 2 is 1.86 bits per heavy atom. The first kappa shape index (κ1) is 28.7. The van der Waals surface area contributed by atoms with E-state index in [2.05, 4.69) is 13.8 Å². The Morgan fingerprint density at radius 3 is 2.42 bits per heavy atom. The molecule has 3 saturated carbocycles. The number of esters is 1. The predicted octanol–water partition coefficient (Wildman–Crippen LogP) is 3.21. The molecule has 0 aromatic rings.